The molecule has 0 saturated heterocycles. The van der Waals surface area contributed by atoms with Gasteiger partial charge in [-0.15, -0.1) is 0 Å². The van der Waals surface area contributed by atoms with Crippen molar-refractivity contribution in [2.75, 3.05) is 0 Å². The Morgan fingerprint density at radius 1 is 1.11 bits per heavy atom. The zero-order valence-electron chi connectivity index (χ0n) is 9.16. The fourth-order valence-electron chi connectivity index (χ4n) is 1.48. The molecule has 18 heavy (non-hydrogen) atoms. The van der Waals surface area contributed by atoms with E-state index < -0.39 is 0 Å². The molecule has 0 bridgehead atoms. The molecule has 0 aliphatic carbocycles. The summed E-state index contributed by atoms with van der Waals surface area (Å²) in [6.07, 6.45) is 1.66. The highest BCUT2D eigenvalue weighted by Gasteiger charge is 2.10. The lowest BCUT2D eigenvalue weighted by molar-refractivity contribution is 0.0992. The standard InChI is InChI=1S/C13H8Cl3NO/c14-10-3-1-8(11(15)6-10)5-12(18)9-2-4-13(16)17-7-9/h1-4,6-7H,5H2. The van der Waals surface area contributed by atoms with Gasteiger partial charge in [0.25, 0.3) is 0 Å². The van der Waals surface area contributed by atoms with Gasteiger partial charge in [-0.05, 0) is 29.8 Å². The van der Waals surface area contributed by atoms with Gasteiger partial charge in [0.2, 0.25) is 0 Å². The van der Waals surface area contributed by atoms with Crippen molar-refractivity contribution in [3.05, 3.63) is 62.9 Å². The van der Waals surface area contributed by atoms with Crippen LogP contribution in [0.15, 0.2) is 36.5 Å². The predicted molar refractivity (Wildman–Crippen MR) is 73.7 cm³/mol. The lowest BCUT2D eigenvalue weighted by Crippen LogP contribution is -2.04. The monoisotopic (exact) mass is 299 g/mol. The Morgan fingerprint density at radius 3 is 2.50 bits per heavy atom. The van der Waals surface area contributed by atoms with Gasteiger partial charge in [-0.3, -0.25) is 4.79 Å². The molecule has 0 aliphatic heterocycles. The highest BCUT2D eigenvalue weighted by Crippen LogP contribution is 2.22. The molecule has 1 aromatic heterocycles. The SMILES string of the molecule is O=C(Cc1ccc(Cl)cc1Cl)c1ccc(Cl)nc1. The first-order chi connectivity index (χ1) is 8.56. The number of hydrogen-bond donors (Lipinski definition) is 0. The van der Waals surface area contributed by atoms with Crippen molar-refractivity contribution >= 4 is 40.6 Å². The molecule has 1 aromatic carbocycles. The summed E-state index contributed by atoms with van der Waals surface area (Å²) in [5.41, 5.74) is 1.24. The molecule has 0 saturated carbocycles. The van der Waals surface area contributed by atoms with Gasteiger partial charge in [-0.25, -0.2) is 4.98 Å². The average molecular weight is 301 g/mol. The zero-order valence-corrected chi connectivity index (χ0v) is 11.4. The number of rotatable bonds is 3. The normalized spacial score (nSPS) is 10.4. The van der Waals surface area contributed by atoms with E-state index in [0.29, 0.717) is 20.8 Å². The van der Waals surface area contributed by atoms with E-state index in [0.717, 1.165) is 5.56 Å². The fraction of sp³-hybridized carbons (Fsp3) is 0.0769. The molecular weight excluding hydrogens is 293 g/mol. The summed E-state index contributed by atoms with van der Waals surface area (Å²) < 4.78 is 0. The number of carbonyl (C=O) groups is 1. The molecule has 0 N–H and O–H groups in total. The van der Waals surface area contributed by atoms with Crippen LogP contribution >= 0.6 is 34.8 Å². The number of ketones is 1. The Kier molecular flexibility index (Phi) is 4.23. The number of pyridine rings is 1. The number of carbonyl (C=O) groups excluding carboxylic acids is 1. The number of nitrogens with zero attached hydrogens (tertiary/aromatic N) is 1. The van der Waals surface area contributed by atoms with Crippen LogP contribution in [0.2, 0.25) is 15.2 Å². The van der Waals surface area contributed by atoms with Crippen molar-refractivity contribution in [1.82, 2.24) is 4.98 Å². The maximum atomic E-state index is 12.0. The van der Waals surface area contributed by atoms with Crippen molar-refractivity contribution in [1.29, 1.82) is 0 Å². The van der Waals surface area contributed by atoms with Crippen LogP contribution in [0.25, 0.3) is 0 Å². The maximum absolute atomic E-state index is 12.0. The van der Waals surface area contributed by atoms with Crippen molar-refractivity contribution in [3.63, 3.8) is 0 Å². The average Bonchev–Trinajstić information content (AvgIpc) is 2.33. The predicted octanol–water partition coefficient (Wildman–Crippen LogP) is 4.47. The lowest BCUT2D eigenvalue weighted by atomic mass is 10.0. The minimum atomic E-state index is -0.0663. The summed E-state index contributed by atoms with van der Waals surface area (Å²) in [6.45, 7) is 0. The van der Waals surface area contributed by atoms with E-state index in [1.165, 1.54) is 6.20 Å². The second-order valence-electron chi connectivity index (χ2n) is 3.71. The molecule has 1 heterocycles. The Morgan fingerprint density at radius 2 is 1.89 bits per heavy atom. The highest BCUT2D eigenvalue weighted by atomic mass is 35.5. The highest BCUT2D eigenvalue weighted by molar-refractivity contribution is 6.35. The van der Waals surface area contributed by atoms with Gasteiger partial charge in [0.15, 0.2) is 5.78 Å². The summed E-state index contributed by atoms with van der Waals surface area (Å²) in [7, 11) is 0. The minimum Gasteiger partial charge on any atom is -0.294 e. The number of halogens is 3. The van der Waals surface area contributed by atoms with E-state index >= 15 is 0 Å². The van der Waals surface area contributed by atoms with Gasteiger partial charge in [0.1, 0.15) is 5.15 Å². The molecule has 0 fully saturated rings. The third kappa shape index (κ3) is 3.22. The maximum Gasteiger partial charge on any atom is 0.168 e. The third-order valence-corrected chi connectivity index (χ3v) is 3.23. The van der Waals surface area contributed by atoms with E-state index in [-0.39, 0.29) is 12.2 Å². The molecule has 0 amide bonds. The Hall–Kier alpha value is -1.09. The van der Waals surface area contributed by atoms with Gasteiger partial charge in [-0.1, -0.05) is 40.9 Å². The van der Waals surface area contributed by atoms with Crippen LogP contribution in [0.1, 0.15) is 15.9 Å². The van der Waals surface area contributed by atoms with Gasteiger partial charge in [0.05, 0.1) is 0 Å². The van der Waals surface area contributed by atoms with Crippen molar-refractivity contribution in [2.24, 2.45) is 0 Å². The number of aromatic nitrogens is 1. The summed E-state index contributed by atoms with van der Waals surface area (Å²) in [5, 5.41) is 1.39. The molecule has 2 aromatic rings. The van der Waals surface area contributed by atoms with Crippen molar-refractivity contribution in [2.45, 2.75) is 6.42 Å². The molecule has 2 nitrogen and oxygen atoms in total. The van der Waals surface area contributed by atoms with E-state index in [9.17, 15) is 4.79 Å². The zero-order chi connectivity index (χ0) is 13.1. The quantitative estimate of drug-likeness (QED) is 0.618. The third-order valence-electron chi connectivity index (χ3n) is 2.42. The molecule has 0 radical (unpaired) electrons. The fourth-order valence-corrected chi connectivity index (χ4v) is 2.07. The largest absolute Gasteiger partial charge is 0.294 e. The van der Waals surface area contributed by atoms with Gasteiger partial charge < -0.3 is 0 Å². The second kappa shape index (κ2) is 5.70. The molecule has 0 unspecified atom stereocenters. The summed E-state index contributed by atoms with van der Waals surface area (Å²) >= 11 is 17.5. The first-order valence-electron chi connectivity index (χ1n) is 5.15. The Bertz CT molecular complexity index is 581. The topological polar surface area (TPSA) is 30.0 Å². The van der Waals surface area contributed by atoms with Gasteiger partial charge in [-0.2, -0.15) is 0 Å². The first kappa shape index (κ1) is 13.3. The molecule has 0 atom stereocenters. The van der Waals surface area contributed by atoms with E-state index in [4.69, 9.17) is 34.8 Å². The van der Waals surface area contributed by atoms with Gasteiger partial charge in [0, 0.05) is 28.2 Å². The van der Waals surface area contributed by atoms with E-state index in [2.05, 4.69) is 4.98 Å². The molecule has 0 spiro atoms. The summed E-state index contributed by atoms with van der Waals surface area (Å²) in [4.78, 5) is 15.9. The second-order valence-corrected chi connectivity index (χ2v) is 4.94. The smallest absolute Gasteiger partial charge is 0.168 e. The summed E-state index contributed by atoms with van der Waals surface area (Å²) in [5.74, 6) is -0.0663. The van der Waals surface area contributed by atoms with Crippen LogP contribution < -0.4 is 0 Å². The molecule has 2 rings (SSSR count). The molecule has 92 valence electrons. The van der Waals surface area contributed by atoms with Crippen LogP contribution in [0.5, 0.6) is 0 Å². The van der Waals surface area contributed by atoms with Crippen molar-refractivity contribution in [3.8, 4) is 0 Å². The van der Waals surface area contributed by atoms with Crippen LogP contribution in [0.4, 0.5) is 0 Å². The summed E-state index contributed by atoms with van der Waals surface area (Å²) in [6, 6.07) is 8.29. The molecular formula is C13H8Cl3NO. The molecule has 5 heteroatoms. The number of benzene rings is 1. The van der Waals surface area contributed by atoms with Crippen LogP contribution in [0, 0.1) is 0 Å². The van der Waals surface area contributed by atoms with Gasteiger partial charge >= 0.3 is 0 Å². The van der Waals surface area contributed by atoms with Crippen LogP contribution in [-0.2, 0) is 6.42 Å². The Balaban J connectivity index is 2.18. The van der Waals surface area contributed by atoms with E-state index in [1.807, 2.05) is 0 Å². The minimum absolute atomic E-state index is 0.0663. The number of Topliss-reactive ketones (excluding diaryl/α,β-unsaturated/α-hetero) is 1. The van der Waals surface area contributed by atoms with Crippen molar-refractivity contribution < 1.29 is 4.79 Å². The van der Waals surface area contributed by atoms with Crippen LogP contribution in [0.3, 0.4) is 0 Å². The Labute approximate surface area is 120 Å². The molecule has 0 aliphatic rings. The first-order valence-corrected chi connectivity index (χ1v) is 6.28. The number of hydrogen-bond acceptors (Lipinski definition) is 2. The lowest BCUT2D eigenvalue weighted by Gasteiger charge is -2.04. The van der Waals surface area contributed by atoms with E-state index in [1.54, 1.807) is 30.3 Å². The van der Waals surface area contributed by atoms with Crippen LogP contribution in [-0.4, -0.2) is 10.8 Å².